The summed E-state index contributed by atoms with van der Waals surface area (Å²) in [6.45, 7) is 0.363. The molecule has 2 aromatic carbocycles. The van der Waals surface area contributed by atoms with Gasteiger partial charge in [0, 0.05) is 24.9 Å². The number of carbonyl (C=O) groups is 2. The van der Waals surface area contributed by atoms with Crippen molar-refractivity contribution in [2.45, 2.75) is 57.2 Å². The molecule has 10 heteroatoms. The van der Waals surface area contributed by atoms with Gasteiger partial charge < -0.3 is 14.8 Å². The van der Waals surface area contributed by atoms with E-state index in [1.807, 2.05) is 0 Å². The fourth-order valence-electron chi connectivity index (χ4n) is 4.06. The molecule has 0 saturated heterocycles. The number of alkyl halides is 5. The third kappa shape index (κ3) is 8.49. The van der Waals surface area contributed by atoms with E-state index in [0.717, 1.165) is 31.9 Å². The van der Waals surface area contributed by atoms with Crippen molar-refractivity contribution in [1.82, 2.24) is 5.32 Å². The van der Waals surface area contributed by atoms with E-state index < -0.39 is 17.7 Å². The first-order chi connectivity index (χ1) is 16.9. The first-order valence-corrected chi connectivity index (χ1v) is 11.6. The third-order valence-electron chi connectivity index (χ3n) is 6.04. The Morgan fingerprint density at radius 3 is 1.81 bits per heavy atom. The maximum atomic E-state index is 13.3. The average molecular weight is 514 g/mol. The van der Waals surface area contributed by atoms with Gasteiger partial charge in [0.25, 0.3) is 11.8 Å². The molecule has 1 aliphatic carbocycles. The number of hydrogen-bond donors (Lipinski definition) is 1. The summed E-state index contributed by atoms with van der Waals surface area (Å²) in [5, 5.41) is 2.85. The van der Waals surface area contributed by atoms with Crippen LogP contribution in [0.5, 0.6) is 11.5 Å². The van der Waals surface area contributed by atoms with E-state index in [0.29, 0.717) is 25.0 Å². The standard InChI is InChI=1S/C26H28F5NO4/c1-25(27,28)18-4-10-22(11-5-18)35-15-21(33)14-17-2-8-20(9-3-17)32-24(34)16-36-23-12-6-19(7-13-23)26(29,30)31/h4-7,10-13,17,20H,2-3,8-9,14-16H2,1H3,(H,32,34). The second kappa shape index (κ2) is 11.7. The summed E-state index contributed by atoms with van der Waals surface area (Å²) < 4.78 is 75.0. The molecule has 0 atom stereocenters. The molecule has 3 rings (SSSR count). The molecule has 0 unspecified atom stereocenters. The summed E-state index contributed by atoms with van der Waals surface area (Å²) in [6.07, 6.45) is -1.22. The second-order valence-electron chi connectivity index (χ2n) is 9.04. The van der Waals surface area contributed by atoms with Crippen molar-refractivity contribution in [3.8, 4) is 11.5 Å². The van der Waals surface area contributed by atoms with Gasteiger partial charge in [-0.2, -0.15) is 13.2 Å². The Morgan fingerprint density at radius 2 is 1.31 bits per heavy atom. The lowest BCUT2D eigenvalue weighted by Crippen LogP contribution is -2.40. The van der Waals surface area contributed by atoms with E-state index in [1.165, 1.54) is 36.4 Å². The van der Waals surface area contributed by atoms with E-state index in [2.05, 4.69) is 5.32 Å². The van der Waals surface area contributed by atoms with Crippen LogP contribution in [0.2, 0.25) is 0 Å². The van der Waals surface area contributed by atoms with Gasteiger partial charge in [-0.3, -0.25) is 9.59 Å². The Bertz CT molecular complexity index is 925. The van der Waals surface area contributed by atoms with Gasteiger partial charge >= 0.3 is 6.18 Å². The summed E-state index contributed by atoms with van der Waals surface area (Å²) >= 11 is 0. The fourth-order valence-corrected chi connectivity index (χ4v) is 4.06. The Kier molecular flexibility index (Phi) is 8.92. The molecule has 1 aliphatic rings. The summed E-state index contributed by atoms with van der Waals surface area (Å²) in [4.78, 5) is 24.4. The van der Waals surface area contributed by atoms with Crippen molar-refractivity contribution in [3.05, 3.63) is 59.7 Å². The maximum Gasteiger partial charge on any atom is 0.416 e. The van der Waals surface area contributed by atoms with Crippen LogP contribution in [0.4, 0.5) is 22.0 Å². The van der Waals surface area contributed by atoms with Crippen molar-refractivity contribution in [3.63, 3.8) is 0 Å². The maximum absolute atomic E-state index is 13.3. The number of rotatable bonds is 10. The number of ether oxygens (including phenoxy) is 2. The molecule has 1 amide bonds. The summed E-state index contributed by atoms with van der Waals surface area (Å²) in [6, 6.07) is 9.42. The number of halogens is 5. The third-order valence-corrected chi connectivity index (χ3v) is 6.04. The zero-order chi connectivity index (χ0) is 26.3. The monoisotopic (exact) mass is 513 g/mol. The molecule has 36 heavy (non-hydrogen) atoms. The predicted molar refractivity (Wildman–Crippen MR) is 122 cm³/mol. The number of ketones is 1. The molecular formula is C26H28F5NO4. The van der Waals surface area contributed by atoms with Gasteiger partial charge in [0.2, 0.25) is 0 Å². The number of amides is 1. The van der Waals surface area contributed by atoms with Crippen molar-refractivity contribution in [1.29, 1.82) is 0 Å². The SMILES string of the molecule is CC(F)(F)c1ccc(OCC(=O)CC2CCC(NC(=O)COc3ccc(C(F)(F)F)cc3)CC2)cc1. The molecule has 0 aliphatic heterocycles. The number of nitrogens with one attached hydrogen (secondary N) is 1. The van der Waals surface area contributed by atoms with Crippen molar-refractivity contribution < 1.29 is 41.0 Å². The Morgan fingerprint density at radius 1 is 0.806 bits per heavy atom. The highest BCUT2D eigenvalue weighted by atomic mass is 19.4. The lowest BCUT2D eigenvalue weighted by molar-refractivity contribution is -0.137. The summed E-state index contributed by atoms with van der Waals surface area (Å²) in [5.74, 6) is -2.71. The molecule has 0 bridgehead atoms. The van der Waals surface area contributed by atoms with Gasteiger partial charge in [0.1, 0.15) is 18.1 Å². The molecule has 196 valence electrons. The first-order valence-electron chi connectivity index (χ1n) is 11.6. The van der Waals surface area contributed by atoms with Crippen LogP contribution in [0.3, 0.4) is 0 Å². The molecule has 5 nitrogen and oxygen atoms in total. The van der Waals surface area contributed by atoms with Crippen LogP contribution in [0, 0.1) is 5.92 Å². The van der Waals surface area contributed by atoms with E-state index >= 15 is 0 Å². The molecular weight excluding hydrogens is 485 g/mol. The molecule has 0 heterocycles. The topological polar surface area (TPSA) is 64.6 Å². The van der Waals surface area contributed by atoms with Crippen LogP contribution in [0.1, 0.15) is 50.2 Å². The van der Waals surface area contributed by atoms with Gasteiger partial charge in [-0.1, -0.05) is 0 Å². The van der Waals surface area contributed by atoms with Crippen molar-refractivity contribution >= 4 is 11.7 Å². The highest BCUT2D eigenvalue weighted by Crippen LogP contribution is 2.31. The second-order valence-corrected chi connectivity index (χ2v) is 9.04. The molecule has 1 saturated carbocycles. The van der Waals surface area contributed by atoms with Gasteiger partial charge in [0.05, 0.1) is 5.56 Å². The minimum Gasteiger partial charge on any atom is -0.486 e. The molecule has 0 spiro atoms. The van der Waals surface area contributed by atoms with Crippen LogP contribution in [-0.2, 0) is 21.7 Å². The zero-order valence-corrected chi connectivity index (χ0v) is 19.7. The lowest BCUT2D eigenvalue weighted by atomic mass is 9.83. The van der Waals surface area contributed by atoms with Gasteiger partial charge in [-0.25, -0.2) is 8.78 Å². The fraction of sp³-hybridized carbons (Fsp3) is 0.462. The quantitative estimate of drug-likeness (QED) is 0.402. The van der Waals surface area contributed by atoms with Crippen LogP contribution in [0.15, 0.2) is 48.5 Å². The van der Waals surface area contributed by atoms with Gasteiger partial charge in [-0.15, -0.1) is 0 Å². The summed E-state index contributed by atoms with van der Waals surface area (Å²) in [7, 11) is 0. The Labute approximate surface area is 206 Å². The molecule has 2 aromatic rings. The predicted octanol–water partition coefficient (Wildman–Crippen LogP) is 5.91. The Hall–Kier alpha value is -3.17. The van der Waals surface area contributed by atoms with E-state index in [4.69, 9.17) is 9.47 Å². The normalized spacial score (nSPS) is 18.4. The molecule has 1 fully saturated rings. The van der Waals surface area contributed by atoms with Crippen molar-refractivity contribution in [2.24, 2.45) is 5.92 Å². The summed E-state index contributed by atoms with van der Waals surface area (Å²) in [5.41, 5.74) is -0.921. The highest BCUT2D eigenvalue weighted by Gasteiger charge is 2.30. The van der Waals surface area contributed by atoms with Crippen LogP contribution in [0.25, 0.3) is 0 Å². The highest BCUT2D eigenvalue weighted by molar-refractivity contribution is 5.80. The average Bonchev–Trinajstić information content (AvgIpc) is 2.82. The minimum atomic E-state index is -4.43. The smallest absolute Gasteiger partial charge is 0.416 e. The largest absolute Gasteiger partial charge is 0.486 e. The number of benzene rings is 2. The lowest BCUT2D eigenvalue weighted by Gasteiger charge is -2.28. The number of carbonyl (C=O) groups excluding carboxylic acids is 2. The van der Waals surface area contributed by atoms with Gasteiger partial charge in [0.15, 0.2) is 12.4 Å². The molecule has 0 radical (unpaired) electrons. The van der Waals surface area contributed by atoms with Gasteiger partial charge in [-0.05, 0) is 80.1 Å². The number of hydrogen-bond acceptors (Lipinski definition) is 4. The van der Waals surface area contributed by atoms with E-state index in [-0.39, 0.29) is 48.2 Å². The Balaban J connectivity index is 1.32. The molecule has 1 N–H and O–H groups in total. The van der Waals surface area contributed by atoms with Crippen LogP contribution >= 0.6 is 0 Å². The molecule has 0 aromatic heterocycles. The minimum absolute atomic E-state index is 0.0634. The van der Waals surface area contributed by atoms with Crippen LogP contribution in [-0.4, -0.2) is 30.9 Å². The number of Topliss-reactive ketones (excluding diaryl/α,β-unsaturated/α-hetero) is 1. The first kappa shape index (κ1) is 27.4. The van der Waals surface area contributed by atoms with E-state index in [9.17, 15) is 31.5 Å². The zero-order valence-electron chi connectivity index (χ0n) is 19.7. The van der Waals surface area contributed by atoms with Crippen LogP contribution < -0.4 is 14.8 Å². The van der Waals surface area contributed by atoms with Crippen molar-refractivity contribution in [2.75, 3.05) is 13.2 Å². The van der Waals surface area contributed by atoms with E-state index in [1.54, 1.807) is 0 Å².